The van der Waals surface area contributed by atoms with E-state index in [0.29, 0.717) is 5.57 Å². The Bertz CT molecular complexity index is 636. The zero-order chi connectivity index (χ0) is 13.2. The van der Waals surface area contributed by atoms with Gasteiger partial charge in [0.15, 0.2) is 0 Å². The first-order chi connectivity index (χ1) is 9.25. The Labute approximate surface area is 116 Å². The van der Waals surface area contributed by atoms with E-state index in [2.05, 4.69) is 11.9 Å². The molecule has 3 heteroatoms. The molecular formula is C16H13NOS. The molecule has 0 saturated heterocycles. The van der Waals surface area contributed by atoms with Gasteiger partial charge in [0.1, 0.15) is 0 Å². The molecule has 19 heavy (non-hydrogen) atoms. The van der Waals surface area contributed by atoms with Crippen molar-refractivity contribution in [2.75, 3.05) is 5.32 Å². The number of carbonyl (C=O) groups is 1. The maximum absolute atomic E-state index is 12.1. The molecule has 1 N–H and O–H groups in total. The highest BCUT2D eigenvalue weighted by molar-refractivity contribution is 8.00. The van der Waals surface area contributed by atoms with Crippen LogP contribution in [0.3, 0.4) is 0 Å². The van der Waals surface area contributed by atoms with Crippen molar-refractivity contribution in [3.63, 3.8) is 0 Å². The lowest BCUT2D eigenvalue weighted by atomic mass is 10.1. The summed E-state index contributed by atoms with van der Waals surface area (Å²) in [6.07, 6.45) is 0. The van der Waals surface area contributed by atoms with Crippen LogP contribution >= 0.6 is 11.8 Å². The van der Waals surface area contributed by atoms with Crippen LogP contribution in [0.4, 0.5) is 5.69 Å². The lowest BCUT2D eigenvalue weighted by molar-refractivity contribution is -0.112. The van der Waals surface area contributed by atoms with Gasteiger partial charge in [-0.15, -0.1) is 11.8 Å². The van der Waals surface area contributed by atoms with Gasteiger partial charge >= 0.3 is 0 Å². The minimum atomic E-state index is -0.105. The van der Waals surface area contributed by atoms with Crippen molar-refractivity contribution >= 4 is 23.4 Å². The lowest BCUT2D eigenvalue weighted by Crippen LogP contribution is -2.15. The van der Waals surface area contributed by atoms with Crippen molar-refractivity contribution in [2.24, 2.45) is 0 Å². The van der Waals surface area contributed by atoms with Crippen molar-refractivity contribution in [3.8, 4) is 0 Å². The number of hydrogen-bond acceptors (Lipinski definition) is 2. The Kier molecular flexibility index (Phi) is 3.13. The molecule has 1 atom stereocenters. The molecule has 1 aliphatic rings. The van der Waals surface area contributed by atoms with Gasteiger partial charge in [-0.25, -0.2) is 0 Å². The number of nitrogens with one attached hydrogen (secondary N) is 1. The topological polar surface area (TPSA) is 29.1 Å². The Balaban J connectivity index is 2.06. The highest BCUT2D eigenvalue weighted by atomic mass is 32.2. The largest absolute Gasteiger partial charge is 0.321 e. The van der Waals surface area contributed by atoms with Crippen molar-refractivity contribution < 1.29 is 4.79 Å². The molecular weight excluding hydrogens is 254 g/mol. The molecule has 0 spiro atoms. The average molecular weight is 267 g/mol. The molecule has 0 bridgehead atoms. The first-order valence-corrected chi connectivity index (χ1v) is 6.94. The number of hydrogen-bond donors (Lipinski definition) is 1. The number of benzene rings is 2. The number of fused-ring (bicyclic) bond motifs is 1. The van der Waals surface area contributed by atoms with Gasteiger partial charge < -0.3 is 5.32 Å². The third-order valence-corrected chi connectivity index (χ3v) is 4.49. The quantitative estimate of drug-likeness (QED) is 0.790. The van der Waals surface area contributed by atoms with Gasteiger partial charge in [-0.1, -0.05) is 49.0 Å². The minimum Gasteiger partial charge on any atom is -0.321 e. The predicted molar refractivity (Wildman–Crippen MR) is 79.3 cm³/mol. The van der Waals surface area contributed by atoms with Crippen LogP contribution in [0.25, 0.3) is 0 Å². The van der Waals surface area contributed by atoms with Crippen LogP contribution in [0.15, 0.2) is 71.6 Å². The van der Waals surface area contributed by atoms with E-state index >= 15 is 0 Å². The summed E-state index contributed by atoms with van der Waals surface area (Å²) in [5.74, 6) is -0.105. The Morgan fingerprint density at radius 1 is 1.00 bits per heavy atom. The Morgan fingerprint density at radius 3 is 2.47 bits per heavy atom. The van der Waals surface area contributed by atoms with Crippen LogP contribution in [0.1, 0.15) is 10.8 Å². The van der Waals surface area contributed by atoms with Gasteiger partial charge in [0, 0.05) is 10.5 Å². The SMILES string of the molecule is C=C1C(=O)Nc2ccccc2SC1c1ccccc1. The van der Waals surface area contributed by atoms with E-state index in [1.165, 1.54) is 0 Å². The molecule has 0 aliphatic carbocycles. The molecule has 2 aromatic carbocycles. The second-order valence-electron chi connectivity index (χ2n) is 4.38. The summed E-state index contributed by atoms with van der Waals surface area (Å²) >= 11 is 1.66. The molecule has 0 aromatic heterocycles. The molecule has 1 unspecified atom stereocenters. The summed E-state index contributed by atoms with van der Waals surface area (Å²) < 4.78 is 0. The van der Waals surface area contributed by atoms with Gasteiger partial charge in [-0.05, 0) is 17.7 Å². The summed E-state index contributed by atoms with van der Waals surface area (Å²) in [6, 6.07) is 17.8. The monoisotopic (exact) mass is 267 g/mol. The highest BCUT2D eigenvalue weighted by Crippen LogP contribution is 2.45. The number of anilines is 1. The van der Waals surface area contributed by atoms with Crippen molar-refractivity contribution in [1.82, 2.24) is 0 Å². The van der Waals surface area contributed by atoms with Crippen molar-refractivity contribution in [1.29, 1.82) is 0 Å². The maximum atomic E-state index is 12.1. The lowest BCUT2D eigenvalue weighted by Gasteiger charge is -2.15. The van der Waals surface area contributed by atoms with E-state index in [9.17, 15) is 4.79 Å². The number of carbonyl (C=O) groups excluding carboxylic acids is 1. The summed E-state index contributed by atoms with van der Waals surface area (Å²) in [4.78, 5) is 13.2. The van der Waals surface area contributed by atoms with Gasteiger partial charge in [0.25, 0.3) is 5.91 Å². The van der Waals surface area contributed by atoms with Gasteiger partial charge in [0.05, 0.1) is 10.9 Å². The van der Waals surface area contributed by atoms with Crippen LogP contribution < -0.4 is 5.32 Å². The maximum Gasteiger partial charge on any atom is 0.252 e. The van der Waals surface area contributed by atoms with Crippen LogP contribution in [-0.2, 0) is 4.79 Å². The van der Waals surface area contributed by atoms with E-state index in [1.807, 2.05) is 54.6 Å². The van der Waals surface area contributed by atoms with Gasteiger partial charge in [-0.3, -0.25) is 4.79 Å². The van der Waals surface area contributed by atoms with Crippen LogP contribution in [0.5, 0.6) is 0 Å². The second-order valence-corrected chi connectivity index (χ2v) is 5.53. The van der Waals surface area contributed by atoms with Crippen molar-refractivity contribution in [2.45, 2.75) is 10.1 Å². The minimum absolute atomic E-state index is 0.0372. The fourth-order valence-corrected chi connectivity index (χ4v) is 3.29. The summed E-state index contributed by atoms with van der Waals surface area (Å²) in [5, 5.41) is 2.88. The fourth-order valence-electron chi connectivity index (χ4n) is 2.09. The molecule has 2 nitrogen and oxygen atoms in total. The molecule has 3 rings (SSSR count). The second kappa shape index (κ2) is 4.94. The predicted octanol–water partition coefficient (Wildman–Crippen LogP) is 4.03. The number of rotatable bonds is 1. The van der Waals surface area contributed by atoms with E-state index in [-0.39, 0.29) is 11.2 Å². The van der Waals surface area contributed by atoms with E-state index < -0.39 is 0 Å². The fraction of sp³-hybridized carbons (Fsp3) is 0.0625. The van der Waals surface area contributed by atoms with E-state index in [1.54, 1.807) is 11.8 Å². The third kappa shape index (κ3) is 2.29. The zero-order valence-electron chi connectivity index (χ0n) is 10.3. The molecule has 1 heterocycles. The Hall–Kier alpha value is -2.00. The molecule has 94 valence electrons. The van der Waals surface area contributed by atoms with Crippen molar-refractivity contribution in [3.05, 3.63) is 72.3 Å². The number of thioether (sulfide) groups is 1. The standard InChI is InChI=1S/C16H13NOS/c1-11-15(12-7-3-2-4-8-12)19-14-10-6-5-9-13(14)17-16(11)18/h2-10,15H,1H2,(H,17,18). The van der Waals surface area contributed by atoms with E-state index in [4.69, 9.17) is 0 Å². The molecule has 2 aromatic rings. The van der Waals surface area contributed by atoms with Gasteiger partial charge in [0.2, 0.25) is 0 Å². The molecule has 0 radical (unpaired) electrons. The number of amides is 1. The molecule has 1 aliphatic heterocycles. The smallest absolute Gasteiger partial charge is 0.252 e. The molecule has 0 fully saturated rings. The average Bonchev–Trinajstić information content (AvgIpc) is 2.58. The Morgan fingerprint density at radius 2 is 1.68 bits per heavy atom. The molecule has 1 amide bonds. The number of para-hydroxylation sites is 1. The van der Waals surface area contributed by atoms with E-state index in [0.717, 1.165) is 16.1 Å². The third-order valence-electron chi connectivity index (χ3n) is 3.09. The van der Waals surface area contributed by atoms with Gasteiger partial charge in [-0.2, -0.15) is 0 Å². The van der Waals surface area contributed by atoms with Crippen LogP contribution in [-0.4, -0.2) is 5.91 Å². The zero-order valence-corrected chi connectivity index (χ0v) is 11.1. The highest BCUT2D eigenvalue weighted by Gasteiger charge is 2.26. The first-order valence-electron chi connectivity index (χ1n) is 6.06. The van der Waals surface area contributed by atoms with Crippen LogP contribution in [0.2, 0.25) is 0 Å². The van der Waals surface area contributed by atoms with Crippen LogP contribution in [0, 0.1) is 0 Å². The molecule has 0 saturated carbocycles. The normalized spacial score (nSPS) is 18.4. The first kappa shape index (κ1) is 12.1. The summed E-state index contributed by atoms with van der Waals surface area (Å²) in [5.41, 5.74) is 2.55. The summed E-state index contributed by atoms with van der Waals surface area (Å²) in [7, 11) is 0. The summed E-state index contributed by atoms with van der Waals surface area (Å²) in [6.45, 7) is 3.96.